The van der Waals surface area contributed by atoms with Gasteiger partial charge in [-0.15, -0.1) is 0 Å². The molecule has 1 aliphatic heterocycles. The standard InChI is InChI=1S/C16H18N2O2/c1-2-20-16(19)14(11-17)15-9-6-10-18(15)12-13-7-4-3-5-8-13/h3-5,7-8H,2,6,9-10,12H2,1H3/b15-14-. The van der Waals surface area contributed by atoms with E-state index in [1.807, 2.05) is 36.4 Å². The van der Waals surface area contributed by atoms with Crippen LogP contribution in [0.4, 0.5) is 0 Å². The van der Waals surface area contributed by atoms with Crippen LogP contribution in [0.1, 0.15) is 25.3 Å². The zero-order valence-corrected chi connectivity index (χ0v) is 11.6. The first-order valence-corrected chi connectivity index (χ1v) is 6.85. The molecule has 0 unspecified atom stereocenters. The number of carbonyl (C=O) groups excluding carboxylic acids is 1. The first kappa shape index (κ1) is 14.1. The van der Waals surface area contributed by atoms with Crippen molar-refractivity contribution >= 4 is 5.97 Å². The van der Waals surface area contributed by atoms with Crippen LogP contribution in [0.15, 0.2) is 41.6 Å². The van der Waals surface area contributed by atoms with Crippen molar-refractivity contribution in [3.8, 4) is 6.07 Å². The number of nitrogens with zero attached hydrogens (tertiary/aromatic N) is 2. The van der Waals surface area contributed by atoms with Gasteiger partial charge in [-0.1, -0.05) is 30.3 Å². The lowest BCUT2D eigenvalue weighted by molar-refractivity contribution is -0.138. The minimum atomic E-state index is -0.509. The summed E-state index contributed by atoms with van der Waals surface area (Å²) in [6, 6.07) is 12.1. The maximum absolute atomic E-state index is 11.8. The quantitative estimate of drug-likeness (QED) is 0.479. The molecule has 0 saturated carbocycles. The Bertz CT molecular complexity index is 543. The van der Waals surface area contributed by atoms with Gasteiger partial charge in [0.1, 0.15) is 6.07 Å². The third-order valence-corrected chi connectivity index (χ3v) is 3.32. The zero-order chi connectivity index (χ0) is 14.4. The van der Waals surface area contributed by atoms with E-state index in [2.05, 4.69) is 4.90 Å². The molecule has 1 heterocycles. The SMILES string of the molecule is CCOC(=O)/C(C#N)=C1/CCCN1Cc1ccccc1. The number of rotatable bonds is 4. The van der Waals surface area contributed by atoms with Crippen molar-refractivity contribution in [3.05, 3.63) is 47.2 Å². The molecule has 0 atom stereocenters. The minimum Gasteiger partial charge on any atom is -0.462 e. The monoisotopic (exact) mass is 270 g/mol. The van der Waals surface area contributed by atoms with E-state index in [4.69, 9.17) is 4.74 Å². The van der Waals surface area contributed by atoms with Crippen LogP contribution < -0.4 is 0 Å². The van der Waals surface area contributed by atoms with E-state index >= 15 is 0 Å². The van der Waals surface area contributed by atoms with E-state index in [0.717, 1.165) is 31.6 Å². The highest BCUT2D eigenvalue weighted by Crippen LogP contribution is 2.26. The van der Waals surface area contributed by atoms with Crippen molar-refractivity contribution in [2.24, 2.45) is 0 Å². The van der Waals surface area contributed by atoms with Crippen molar-refractivity contribution in [1.29, 1.82) is 5.26 Å². The molecule has 0 aromatic heterocycles. The third kappa shape index (κ3) is 3.18. The molecule has 104 valence electrons. The van der Waals surface area contributed by atoms with Gasteiger partial charge in [0.15, 0.2) is 5.57 Å². The molecular weight excluding hydrogens is 252 g/mol. The largest absolute Gasteiger partial charge is 0.462 e. The number of ether oxygens (including phenoxy) is 1. The lowest BCUT2D eigenvalue weighted by Crippen LogP contribution is -2.21. The van der Waals surface area contributed by atoms with Gasteiger partial charge in [-0.2, -0.15) is 5.26 Å². The van der Waals surface area contributed by atoms with Crippen LogP contribution >= 0.6 is 0 Å². The number of benzene rings is 1. The summed E-state index contributed by atoms with van der Waals surface area (Å²) in [4.78, 5) is 13.9. The topological polar surface area (TPSA) is 53.3 Å². The van der Waals surface area contributed by atoms with Crippen molar-refractivity contribution < 1.29 is 9.53 Å². The smallest absolute Gasteiger partial charge is 0.350 e. The van der Waals surface area contributed by atoms with E-state index in [-0.39, 0.29) is 12.2 Å². The van der Waals surface area contributed by atoms with Gasteiger partial charge in [0.25, 0.3) is 0 Å². The summed E-state index contributed by atoms with van der Waals surface area (Å²) in [6.07, 6.45) is 1.72. The van der Waals surface area contributed by atoms with E-state index in [9.17, 15) is 10.1 Å². The second-order valence-electron chi connectivity index (χ2n) is 4.66. The van der Waals surface area contributed by atoms with Gasteiger partial charge < -0.3 is 9.64 Å². The van der Waals surface area contributed by atoms with E-state index < -0.39 is 5.97 Å². The Labute approximate surface area is 119 Å². The van der Waals surface area contributed by atoms with Crippen LogP contribution in [-0.2, 0) is 16.1 Å². The van der Waals surface area contributed by atoms with Gasteiger partial charge in [0.2, 0.25) is 0 Å². The molecule has 1 aromatic rings. The molecule has 4 nitrogen and oxygen atoms in total. The molecule has 1 saturated heterocycles. The van der Waals surface area contributed by atoms with Crippen molar-refractivity contribution in [2.45, 2.75) is 26.3 Å². The fraction of sp³-hybridized carbons (Fsp3) is 0.375. The Morgan fingerprint density at radius 3 is 2.80 bits per heavy atom. The lowest BCUT2D eigenvalue weighted by Gasteiger charge is -2.21. The van der Waals surface area contributed by atoms with Gasteiger partial charge in [0, 0.05) is 18.8 Å². The number of nitriles is 1. The van der Waals surface area contributed by atoms with Crippen molar-refractivity contribution in [2.75, 3.05) is 13.2 Å². The van der Waals surface area contributed by atoms with Gasteiger partial charge in [-0.3, -0.25) is 0 Å². The molecule has 0 amide bonds. The average Bonchev–Trinajstić information content (AvgIpc) is 2.89. The van der Waals surface area contributed by atoms with Crippen LogP contribution in [0.5, 0.6) is 0 Å². The Morgan fingerprint density at radius 2 is 2.15 bits per heavy atom. The van der Waals surface area contributed by atoms with Crippen LogP contribution in [0, 0.1) is 11.3 Å². The molecular formula is C16H18N2O2. The fourth-order valence-corrected chi connectivity index (χ4v) is 2.42. The highest BCUT2D eigenvalue weighted by Gasteiger charge is 2.25. The normalized spacial score (nSPS) is 16.7. The molecule has 1 aliphatic rings. The molecule has 1 aromatic carbocycles. The van der Waals surface area contributed by atoms with E-state index in [1.54, 1.807) is 6.92 Å². The molecule has 0 radical (unpaired) electrons. The predicted octanol–water partition coefficient (Wildman–Crippen LogP) is 2.62. The van der Waals surface area contributed by atoms with Crippen LogP contribution in [0.2, 0.25) is 0 Å². The Balaban J connectivity index is 2.21. The maximum atomic E-state index is 11.8. The molecule has 0 aliphatic carbocycles. The summed E-state index contributed by atoms with van der Waals surface area (Å²) in [6.45, 7) is 3.62. The van der Waals surface area contributed by atoms with Crippen molar-refractivity contribution in [1.82, 2.24) is 4.90 Å². The molecule has 1 fully saturated rings. The molecule has 2 rings (SSSR count). The second-order valence-corrected chi connectivity index (χ2v) is 4.66. The fourth-order valence-electron chi connectivity index (χ4n) is 2.42. The summed E-state index contributed by atoms with van der Waals surface area (Å²) < 4.78 is 4.96. The molecule has 4 heteroatoms. The zero-order valence-electron chi connectivity index (χ0n) is 11.6. The summed E-state index contributed by atoms with van der Waals surface area (Å²) in [5, 5.41) is 9.23. The number of esters is 1. The van der Waals surface area contributed by atoms with E-state index in [1.165, 1.54) is 5.56 Å². The highest BCUT2D eigenvalue weighted by molar-refractivity contribution is 5.93. The van der Waals surface area contributed by atoms with Gasteiger partial charge in [0.05, 0.1) is 6.61 Å². The number of allylic oxidation sites excluding steroid dienone is 1. The van der Waals surface area contributed by atoms with Crippen LogP contribution in [0.25, 0.3) is 0 Å². The van der Waals surface area contributed by atoms with E-state index in [0.29, 0.717) is 0 Å². The minimum absolute atomic E-state index is 0.153. The van der Waals surface area contributed by atoms with Gasteiger partial charge in [-0.05, 0) is 25.3 Å². The summed E-state index contributed by atoms with van der Waals surface area (Å²) >= 11 is 0. The Morgan fingerprint density at radius 1 is 1.40 bits per heavy atom. The Hall–Kier alpha value is -2.28. The third-order valence-electron chi connectivity index (χ3n) is 3.32. The number of hydrogen-bond donors (Lipinski definition) is 0. The first-order chi connectivity index (χ1) is 9.76. The molecule has 0 bridgehead atoms. The van der Waals surface area contributed by atoms with Crippen LogP contribution in [-0.4, -0.2) is 24.0 Å². The molecule has 20 heavy (non-hydrogen) atoms. The predicted molar refractivity (Wildman–Crippen MR) is 75.4 cm³/mol. The number of hydrogen-bond acceptors (Lipinski definition) is 4. The first-order valence-electron chi connectivity index (χ1n) is 6.85. The Kier molecular flexibility index (Phi) is 4.78. The molecule has 0 spiro atoms. The summed E-state index contributed by atoms with van der Waals surface area (Å²) in [5.41, 5.74) is 2.14. The average molecular weight is 270 g/mol. The van der Waals surface area contributed by atoms with Gasteiger partial charge >= 0.3 is 5.97 Å². The second kappa shape index (κ2) is 6.76. The lowest BCUT2D eigenvalue weighted by atomic mass is 10.1. The van der Waals surface area contributed by atoms with Gasteiger partial charge in [-0.25, -0.2) is 4.79 Å². The van der Waals surface area contributed by atoms with Crippen molar-refractivity contribution in [3.63, 3.8) is 0 Å². The highest BCUT2D eigenvalue weighted by atomic mass is 16.5. The summed E-state index contributed by atoms with van der Waals surface area (Å²) in [7, 11) is 0. The van der Waals surface area contributed by atoms with Crippen LogP contribution in [0.3, 0.4) is 0 Å². The molecule has 0 N–H and O–H groups in total. The number of likely N-dealkylation sites (tertiary alicyclic amines) is 1. The maximum Gasteiger partial charge on any atom is 0.350 e. The summed E-state index contributed by atoms with van der Waals surface area (Å²) in [5.74, 6) is -0.509. The number of carbonyl (C=O) groups is 1.